The molecule has 0 aliphatic rings. The van der Waals surface area contributed by atoms with Gasteiger partial charge in [0, 0.05) is 12.1 Å². The Morgan fingerprint density at radius 3 is 2.95 bits per heavy atom. The molecule has 1 aromatic heterocycles. The number of hydrazine groups is 1. The average Bonchev–Trinajstić information content (AvgIpc) is 2.99. The summed E-state index contributed by atoms with van der Waals surface area (Å²) in [7, 11) is 0. The molecule has 0 spiro atoms. The van der Waals surface area contributed by atoms with E-state index in [0.717, 1.165) is 24.8 Å². The third-order valence-corrected chi connectivity index (χ3v) is 3.14. The second-order valence-electron chi connectivity index (χ2n) is 4.89. The normalized spacial score (nSPS) is 11.9. The molecule has 0 unspecified atom stereocenters. The molecule has 1 rings (SSSR count). The maximum Gasteiger partial charge on any atom is 0.239 e. The molecule has 1 heterocycles. The van der Waals surface area contributed by atoms with Gasteiger partial charge in [0.2, 0.25) is 12.3 Å². The number of unbranched alkanes of at least 4 members (excludes halogenated alkanes) is 2. The van der Waals surface area contributed by atoms with E-state index in [4.69, 9.17) is 4.42 Å². The summed E-state index contributed by atoms with van der Waals surface area (Å²) in [5.41, 5.74) is 6.31. The number of nitrogens with one attached hydrogen (secondary N) is 2. The van der Waals surface area contributed by atoms with Crippen LogP contribution in [0.5, 0.6) is 0 Å². The Morgan fingerprint density at radius 2 is 2.33 bits per heavy atom. The van der Waals surface area contributed by atoms with Crippen molar-refractivity contribution >= 4 is 12.3 Å². The van der Waals surface area contributed by atoms with E-state index in [1.165, 1.54) is 0 Å². The summed E-state index contributed by atoms with van der Waals surface area (Å²) in [6.45, 7) is 2.51. The predicted molar refractivity (Wildman–Crippen MR) is 75.9 cm³/mol. The molecule has 0 radical (unpaired) electrons. The number of rotatable bonds is 11. The summed E-state index contributed by atoms with van der Waals surface area (Å²) in [6, 6.07) is 1.79. The minimum absolute atomic E-state index is 0.00750. The van der Waals surface area contributed by atoms with E-state index in [1.807, 2.05) is 0 Å². The second kappa shape index (κ2) is 9.95. The number of furan rings is 1. The van der Waals surface area contributed by atoms with Gasteiger partial charge in [-0.1, -0.05) is 26.2 Å². The number of nitrogens with zero attached hydrogens (tertiary/aromatic N) is 1. The fraction of sp³-hybridized carbons (Fsp3) is 0.571. The highest BCUT2D eigenvalue weighted by molar-refractivity contribution is 5.78. The van der Waals surface area contributed by atoms with Gasteiger partial charge in [-0.15, -0.1) is 0 Å². The number of carbonyl (C=O) groups is 2. The van der Waals surface area contributed by atoms with Crippen LogP contribution in [0.25, 0.3) is 0 Å². The van der Waals surface area contributed by atoms with Crippen molar-refractivity contribution in [1.29, 1.82) is 0 Å². The summed E-state index contributed by atoms with van der Waals surface area (Å²) < 4.78 is 4.92. The molecule has 118 valence electrons. The van der Waals surface area contributed by atoms with E-state index >= 15 is 0 Å². The van der Waals surface area contributed by atoms with Gasteiger partial charge in [0.05, 0.1) is 25.0 Å². The Morgan fingerprint density at radius 1 is 1.52 bits per heavy atom. The smallest absolute Gasteiger partial charge is 0.239 e. The molecule has 0 aromatic carbocycles. The van der Waals surface area contributed by atoms with Gasteiger partial charge in [-0.2, -0.15) is 0 Å². The first-order valence-electron chi connectivity index (χ1n) is 7.12. The SMILES string of the molecule is CCCCC[C@H](CN(O)C=O)C(=O)NNCc1ccoc1. The monoisotopic (exact) mass is 297 g/mol. The van der Waals surface area contributed by atoms with Crippen molar-refractivity contribution in [3.05, 3.63) is 24.2 Å². The zero-order valence-electron chi connectivity index (χ0n) is 12.2. The lowest BCUT2D eigenvalue weighted by Gasteiger charge is -2.19. The van der Waals surface area contributed by atoms with Crippen LogP contribution >= 0.6 is 0 Å². The Bertz CT molecular complexity index is 408. The Balaban J connectivity index is 2.38. The van der Waals surface area contributed by atoms with Crippen molar-refractivity contribution < 1.29 is 19.2 Å². The molecular weight excluding hydrogens is 274 g/mol. The predicted octanol–water partition coefficient (Wildman–Crippen LogP) is 1.44. The van der Waals surface area contributed by atoms with Gasteiger partial charge in [-0.25, -0.2) is 10.5 Å². The van der Waals surface area contributed by atoms with Gasteiger partial charge in [-0.3, -0.25) is 20.2 Å². The van der Waals surface area contributed by atoms with Gasteiger partial charge >= 0.3 is 0 Å². The first-order chi connectivity index (χ1) is 10.2. The topological polar surface area (TPSA) is 94.8 Å². The lowest BCUT2D eigenvalue weighted by molar-refractivity contribution is -0.154. The van der Waals surface area contributed by atoms with Crippen molar-refractivity contribution in [2.75, 3.05) is 6.54 Å². The van der Waals surface area contributed by atoms with E-state index < -0.39 is 5.92 Å². The second-order valence-corrected chi connectivity index (χ2v) is 4.89. The summed E-state index contributed by atoms with van der Waals surface area (Å²) in [5.74, 6) is -0.681. The van der Waals surface area contributed by atoms with Crippen molar-refractivity contribution in [3.63, 3.8) is 0 Å². The molecule has 3 N–H and O–H groups in total. The van der Waals surface area contributed by atoms with E-state index in [-0.39, 0.29) is 12.5 Å². The number of carbonyl (C=O) groups excluding carboxylic acids is 2. The van der Waals surface area contributed by atoms with Crippen LogP contribution in [-0.4, -0.2) is 29.1 Å². The third-order valence-electron chi connectivity index (χ3n) is 3.14. The van der Waals surface area contributed by atoms with E-state index in [1.54, 1.807) is 18.6 Å². The van der Waals surface area contributed by atoms with Crippen LogP contribution < -0.4 is 10.9 Å². The molecule has 21 heavy (non-hydrogen) atoms. The molecule has 0 aliphatic heterocycles. The van der Waals surface area contributed by atoms with Crippen molar-refractivity contribution in [1.82, 2.24) is 15.9 Å². The highest BCUT2D eigenvalue weighted by Gasteiger charge is 2.20. The van der Waals surface area contributed by atoms with E-state index in [9.17, 15) is 14.8 Å². The first-order valence-corrected chi connectivity index (χ1v) is 7.12. The zero-order valence-corrected chi connectivity index (χ0v) is 12.2. The molecule has 0 fully saturated rings. The zero-order chi connectivity index (χ0) is 15.5. The van der Waals surface area contributed by atoms with E-state index in [2.05, 4.69) is 17.8 Å². The molecule has 7 heteroatoms. The summed E-state index contributed by atoms with van der Waals surface area (Å²) in [6.07, 6.45) is 7.00. The van der Waals surface area contributed by atoms with E-state index in [0.29, 0.717) is 24.4 Å². The highest BCUT2D eigenvalue weighted by atomic mass is 16.5. The Kier molecular flexibility index (Phi) is 8.15. The largest absolute Gasteiger partial charge is 0.472 e. The first kappa shape index (κ1) is 17.2. The van der Waals surface area contributed by atoms with Gasteiger partial charge in [0.15, 0.2) is 0 Å². The Labute approximate surface area is 124 Å². The highest BCUT2D eigenvalue weighted by Crippen LogP contribution is 2.11. The third kappa shape index (κ3) is 6.92. The van der Waals surface area contributed by atoms with Crippen LogP contribution in [0.15, 0.2) is 23.0 Å². The molecule has 0 aliphatic carbocycles. The molecule has 1 aromatic rings. The molecule has 2 amide bonds. The maximum absolute atomic E-state index is 12.1. The fourth-order valence-electron chi connectivity index (χ4n) is 1.94. The van der Waals surface area contributed by atoms with Crippen LogP contribution in [0.4, 0.5) is 0 Å². The van der Waals surface area contributed by atoms with Crippen LogP contribution in [0.3, 0.4) is 0 Å². The summed E-state index contributed by atoms with van der Waals surface area (Å²) >= 11 is 0. The molecule has 0 saturated carbocycles. The number of hydrogen-bond acceptors (Lipinski definition) is 5. The van der Waals surface area contributed by atoms with Crippen molar-refractivity contribution in [2.45, 2.75) is 39.2 Å². The van der Waals surface area contributed by atoms with Gasteiger partial charge in [-0.05, 0) is 12.5 Å². The molecular formula is C14H23N3O4. The lowest BCUT2D eigenvalue weighted by Crippen LogP contribution is -2.44. The lowest BCUT2D eigenvalue weighted by atomic mass is 10.0. The average molecular weight is 297 g/mol. The Hall–Kier alpha value is -1.86. The van der Waals surface area contributed by atoms with Gasteiger partial charge in [0.1, 0.15) is 0 Å². The standard InChI is InChI=1S/C14H23N3O4/c1-2-3-4-5-13(9-17(20)11-18)14(19)16-15-8-12-6-7-21-10-12/h6-7,10-11,13,15,20H,2-5,8-9H2,1H3,(H,16,19)/t13-/m1/s1. The quantitative estimate of drug-likeness (QED) is 0.249. The van der Waals surface area contributed by atoms with Crippen molar-refractivity contribution in [3.8, 4) is 0 Å². The maximum atomic E-state index is 12.1. The molecule has 1 atom stereocenters. The molecule has 7 nitrogen and oxygen atoms in total. The van der Waals surface area contributed by atoms with Crippen LogP contribution in [-0.2, 0) is 16.1 Å². The minimum atomic E-state index is -0.441. The molecule has 0 bridgehead atoms. The van der Waals surface area contributed by atoms with Crippen molar-refractivity contribution in [2.24, 2.45) is 5.92 Å². The number of amides is 2. The van der Waals surface area contributed by atoms with Gasteiger partial charge in [0.25, 0.3) is 0 Å². The van der Waals surface area contributed by atoms with Crippen LogP contribution in [0.2, 0.25) is 0 Å². The fourth-order valence-corrected chi connectivity index (χ4v) is 1.94. The van der Waals surface area contributed by atoms with Gasteiger partial charge < -0.3 is 4.42 Å². The van der Waals surface area contributed by atoms with Crippen LogP contribution in [0, 0.1) is 5.92 Å². The number of hydrogen-bond donors (Lipinski definition) is 3. The van der Waals surface area contributed by atoms with Crippen LogP contribution in [0.1, 0.15) is 38.2 Å². The summed E-state index contributed by atoms with van der Waals surface area (Å²) in [4.78, 5) is 22.5. The minimum Gasteiger partial charge on any atom is -0.472 e. The summed E-state index contributed by atoms with van der Waals surface area (Å²) in [5, 5.41) is 9.77. The molecule has 0 saturated heterocycles. The number of hydroxylamine groups is 2.